The van der Waals surface area contributed by atoms with Gasteiger partial charge in [-0.2, -0.15) is 0 Å². The van der Waals surface area contributed by atoms with Crippen molar-refractivity contribution in [3.05, 3.63) is 22.4 Å². The van der Waals surface area contributed by atoms with Gasteiger partial charge in [-0.1, -0.05) is 41.5 Å². The van der Waals surface area contributed by atoms with Crippen LogP contribution in [0.1, 0.15) is 41.5 Å². The van der Waals surface area contributed by atoms with E-state index in [-0.39, 0.29) is 0 Å². The molecular weight excluding hydrogens is 234 g/mol. The van der Waals surface area contributed by atoms with Crippen LogP contribution in [0.4, 0.5) is 0 Å². The lowest BCUT2D eigenvalue weighted by atomic mass is 10.5. The van der Waals surface area contributed by atoms with Gasteiger partial charge in [-0.05, 0) is 16.6 Å². The Morgan fingerprint density at radius 2 is 1.53 bits per heavy atom. The second-order valence-electron chi connectivity index (χ2n) is 5.30. The third kappa shape index (κ3) is 4.24. The lowest BCUT2D eigenvalue weighted by Gasteiger charge is -2.41. The van der Waals surface area contributed by atoms with Gasteiger partial charge in [0.25, 0.3) is 0 Å². The van der Waals surface area contributed by atoms with Crippen LogP contribution < -0.4 is 0 Å². The monoisotopic (exact) mass is 259 g/mol. The van der Waals surface area contributed by atoms with Gasteiger partial charge in [0.05, 0.1) is 11.5 Å². The highest BCUT2D eigenvalue weighted by Crippen LogP contribution is 2.42. The van der Waals surface area contributed by atoms with Gasteiger partial charge in [0.1, 0.15) is 0 Å². The molecule has 0 amide bonds. The molecule has 0 spiro atoms. The minimum absolute atomic E-state index is 0.349. The van der Waals surface area contributed by atoms with E-state index in [2.05, 4.69) is 41.5 Å². The van der Waals surface area contributed by atoms with Crippen LogP contribution in [0.25, 0.3) is 0 Å². The highest BCUT2D eigenvalue weighted by atomic mass is 28.4. The fourth-order valence-corrected chi connectivity index (χ4v) is 8.21. The number of nitrogens with zero attached hydrogens (tertiary/aromatic N) is 1. The maximum absolute atomic E-state index is 10.2. The van der Waals surface area contributed by atoms with Crippen LogP contribution in [0.15, 0.2) is 12.3 Å². The van der Waals surface area contributed by atoms with Gasteiger partial charge >= 0.3 is 0 Å². The molecule has 0 unspecified atom stereocenters. The summed E-state index contributed by atoms with van der Waals surface area (Å²) in [5.41, 5.74) is 1.52. The van der Waals surface area contributed by atoms with Gasteiger partial charge in [-0.3, -0.25) is 10.1 Å². The Balaban J connectivity index is 4.76. The zero-order valence-electron chi connectivity index (χ0n) is 11.8. The van der Waals surface area contributed by atoms with Crippen LogP contribution >= 0.6 is 0 Å². The SMILES string of the molecule is CC(C)[Si](OC/C=C/[N+](=O)[O-])(C(C)C)C(C)C. The Labute approximate surface area is 105 Å². The van der Waals surface area contributed by atoms with E-state index in [4.69, 9.17) is 4.43 Å². The van der Waals surface area contributed by atoms with E-state index in [0.29, 0.717) is 23.2 Å². The molecule has 0 N–H and O–H groups in total. The van der Waals surface area contributed by atoms with E-state index in [1.165, 1.54) is 6.08 Å². The van der Waals surface area contributed by atoms with Crippen molar-refractivity contribution in [1.82, 2.24) is 0 Å². The minimum atomic E-state index is -1.87. The average molecular weight is 259 g/mol. The summed E-state index contributed by atoms with van der Waals surface area (Å²) in [4.78, 5) is 9.75. The Hall–Kier alpha value is -0.683. The number of rotatable bonds is 7. The molecule has 17 heavy (non-hydrogen) atoms. The molecule has 0 saturated heterocycles. The Kier molecular flexibility index (Phi) is 6.63. The van der Waals surface area contributed by atoms with E-state index >= 15 is 0 Å². The summed E-state index contributed by atoms with van der Waals surface area (Å²) < 4.78 is 6.11. The van der Waals surface area contributed by atoms with Crippen molar-refractivity contribution in [2.75, 3.05) is 6.61 Å². The summed E-state index contributed by atoms with van der Waals surface area (Å²) in [6, 6.07) is 0. The van der Waals surface area contributed by atoms with Gasteiger partial charge in [-0.25, -0.2) is 0 Å². The molecule has 4 nitrogen and oxygen atoms in total. The summed E-state index contributed by atoms with van der Waals surface area (Å²) in [6.45, 7) is 13.5. The quantitative estimate of drug-likeness (QED) is 0.395. The molecule has 0 aromatic rings. The van der Waals surface area contributed by atoms with Crippen molar-refractivity contribution in [2.45, 2.75) is 58.2 Å². The molecular formula is C12H25NO3Si. The first-order chi connectivity index (χ1) is 7.75. The van der Waals surface area contributed by atoms with E-state index in [1.54, 1.807) is 0 Å². The molecule has 0 saturated carbocycles. The Bertz CT molecular complexity index is 253. The molecule has 0 aromatic carbocycles. The molecule has 100 valence electrons. The molecule has 5 heteroatoms. The fourth-order valence-electron chi connectivity index (χ4n) is 2.82. The van der Waals surface area contributed by atoms with Gasteiger partial charge in [-0.15, -0.1) is 0 Å². The molecule has 0 atom stereocenters. The smallest absolute Gasteiger partial charge is 0.232 e. The van der Waals surface area contributed by atoms with E-state index in [1.807, 2.05) is 0 Å². The van der Waals surface area contributed by atoms with Crippen molar-refractivity contribution in [3.8, 4) is 0 Å². The van der Waals surface area contributed by atoms with Crippen molar-refractivity contribution in [1.29, 1.82) is 0 Å². The zero-order chi connectivity index (χ0) is 13.6. The molecule has 0 rings (SSSR count). The lowest BCUT2D eigenvalue weighted by molar-refractivity contribution is -0.402. The highest BCUT2D eigenvalue weighted by Gasteiger charge is 2.44. The van der Waals surface area contributed by atoms with E-state index < -0.39 is 13.2 Å². The average Bonchev–Trinajstić information content (AvgIpc) is 2.15. The molecule has 0 heterocycles. The summed E-state index contributed by atoms with van der Waals surface area (Å²) in [5, 5.41) is 10.2. The van der Waals surface area contributed by atoms with Crippen LogP contribution in [0, 0.1) is 10.1 Å². The van der Waals surface area contributed by atoms with Crippen LogP contribution in [0.5, 0.6) is 0 Å². The third-order valence-corrected chi connectivity index (χ3v) is 9.44. The first-order valence-corrected chi connectivity index (χ1v) is 8.33. The normalized spacial score (nSPS) is 13.2. The molecule has 0 fully saturated rings. The first-order valence-electron chi connectivity index (χ1n) is 6.19. The summed E-state index contributed by atoms with van der Waals surface area (Å²) in [7, 11) is -1.87. The molecule has 0 aliphatic heterocycles. The predicted molar refractivity (Wildman–Crippen MR) is 73.1 cm³/mol. The molecule has 0 radical (unpaired) electrons. The third-order valence-electron chi connectivity index (χ3n) is 3.36. The molecule has 0 aliphatic rings. The number of nitro groups is 1. The Morgan fingerprint density at radius 3 is 1.82 bits per heavy atom. The maximum Gasteiger partial charge on any atom is 0.232 e. The van der Waals surface area contributed by atoms with Crippen molar-refractivity contribution < 1.29 is 9.35 Å². The van der Waals surface area contributed by atoms with E-state index in [9.17, 15) is 10.1 Å². The van der Waals surface area contributed by atoms with Gasteiger partial charge in [0, 0.05) is 6.08 Å². The van der Waals surface area contributed by atoms with Crippen LogP contribution in [0.2, 0.25) is 16.6 Å². The second kappa shape index (κ2) is 6.91. The van der Waals surface area contributed by atoms with Gasteiger partial charge in [0.15, 0.2) is 0 Å². The predicted octanol–water partition coefficient (Wildman–Crippen LogP) is 3.97. The minimum Gasteiger partial charge on any atom is -0.412 e. The lowest BCUT2D eigenvalue weighted by Crippen LogP contribution is -2.47. The van der Waals surface area contributed by atoms with E-state index in [0.717, 1.165) is 6.20 Å². The van der Waals surface area contributed by atoms with Gasteiger partial charge in [0.2, 0.25) is 14.5 Å². The van der Waals surface area contributed by atoms with Crippen LogP contribution in [0.3, 0.4) is 0 Å². The maximum atomic E-state index is 10.2. The number of hydrogen-bond acceptors (Lipinski definition) is 3. The van der Waals surface area contributed by atoms with Crippen molar-refractivity contribution in [2.24, 2.45) is 0 Å². The van der Waals surface area contributed by atoms with Crippen molar-refractivity contribution >= 4 is 8.32 Å². The first kappa shape index (κ1) is 16.3. The van der Waals surface area contributed by atoms with Crippen LogP contribution in [-0.2, 0) is 4.43 Å². The topological polar surface area (TPSA) is 52.4 Å². The van der Waals surface area contributed by atoms with Crippen molar-refractivity contribution in [3.63, 3.8) is 0 Å². The molecule has 0 bridgehead atoms. The second-order valence-corrected chi connectivity index (χ2v) is 10.8. The standard InChI is InChI=1S/C12H25NO3Si/c1-10(2)17(11(3)4,12(5)6)16-9-7-8-13(14)15/h7-8,10-12H,9H2,1-6H3/b8-7+. The molecule has 0 aliphatic carbocycles. The summed E-state index contributed by atoms with van der Waals surface area (Å²) in [5.74, 6) is 0. The summed E-state index contributed by atoms with van der Waals surface area (Å²) in [6.07, 6.45) is 2.45. The van der Waals surface area contributed by atoms with Gasteiger partial charge < -0.3 is 4.43 Å². The summed E-state index contributed by atoms with van der Waals surface area (Å²) >= 11 is 0. The fraction of sp³-hybridized carbons (Fsp3) is 0.833. The zero-order valence-corrected chi connectivity index (χ0v) is 12.8. The largest absolute Gasteiger partial charge is 0.412 e. The molecule has 0 aromatic heterocycles. The Morgan fingerprint density at radius 1 is 1.12 bits per heavy atom. The van der Waals surface area contributed by atoms with Crippen LogP contribution in [-0.4, -0.2) is 19.8 Å². The highest BCUT2D eigenvalue weighted by molar-refractivity contribution is 6.77. The number of hydrogen-bond donors (Lipinski definition) is 0.